The van der Waals surface area contributed by atoms with Gasteiger partial charge in [0.1, 0.15) is 5.60 Å². The van der Waals surface area contributed by atoms with E-state index >= 15 is 0 Å². The van der Waals surface area contributed by atoms with Crippen LogP contribution in [0.5, 0.6) is 0 Å². The van der Waals surface area contributed by atoms with Crippen molar-refractivity contribution < 1.29 is 9.53 Å². The van der Waals surface area contributed by atoms with E-state index in [9.17, 15) is 4.79 Å². The van der Waals surface area contributed by atoms with Gasteiger partial charge in [0, 0.05) is 24.9 Å². The molecule has 0 aromatic heterocycles. The zero-order valence-corrected chi connectivity index (χ0v) is 12.2. The summed E-state index contributed by atoms with van der Waals surface area (Å²) in [4.78, 5) is 13.6. The largest absolute Gasteiger partial charge is 0.444 e. The van der Waals surface area contributed by atoms with Crippen LogP contribution in [0.2, 0.25) is 0 Å². The van der Waals surface area contributed by atoms with E-state index < -0.39 is 5.60 Å². The topological polar surface area (TPSA) is 53.3 Å². The molecule has 1 heterocycles. The summed E-state index contributed by atoms with van der Waals surface area (Å²) in [6.07, 6.45) is 0.109. The summed E-state index contributed by atoms with van der Waals surface area (Å²) < 4.78 is 5.35. The van der Waals surface area contributed by atoms with Crippen molar-refractivity contribution in [3.63, 3.8) is 0 Å². The number of ether oxygens (including phenoxy) is 1. The third kappa shape index (κ3) is 2.93. The van der Waals surface area contributed by atoms with Crippen molar-refractivity contribution >= 4 is 6.09 Å². The number of carbonyl (C=O) groups excluding carboxylic acids is 1. The molecule has 0 radical (unpaired) electrons. The Balaban J connectivity index is 2.07. The summed E-state index contributed by atoms with van der Waals surface area (Å²) in [6.45, 7) is 6.64. The summed E-state index contributed by atoms with van der Waals surface area (Å²) in [6, 6.07) is 12.2. The Morgan fingerprint density at radius 1 is 1.35 bits per heavy atom. The first kappa shape index (κ1) is 14.4. The average Bonchev–Trinajstić information content (AvgIpc) is 2.32. The summed E-state index contributed by atoms with van der Waals surface area (Å²) >= 11 is 0. The van der Waals surface area contributed by atoms with Gasteiger partial charge in [-0.3, -0.25) is 0 Å². The smallest absolute Gasteiger partial charge is 0.410 e. The van der Waals surface area contributed by atoms with Gasteiger partial charge in [0.25, 0.3) is 0 Å². The fourth-order valence-corrected chi connectivity index (χ4v) is 2.48. The predicted octanol–water partition coefficient (Wildman–Crippen LogP) is 3.09. The van der Waals surface area contributed by atoms with Gasteiger partial charge in [-0.15, -0.1) is 0 Å². The SMILES string of the molecule is CC(C)(C)OC(=O)N1CC(CC#N)(c2ccccc2)C1. The molecule has 1 aromatic carbocycles. The van der Waals surface area contributed by atoms with Crippen LogP contribution in [0, 0.1) is 11.3 Å². The predicted molar refractivity (Wildman–Crippen MR) is 76.2 cm³/mol. The summed E-state index contributed by atoms with van der Waals surface area (Å²) in [5, 5.41) is 9.05. The van der Waals surface area contributed by atoms with Crippen LogP contribution in [0.15, 0.2) is 30.3 Å². The summed E-state index contributed by atoms with van der Waals surface area (Å²) in [5.74, 6) is 0. The zero-order chi connectivity index (χ0) is 14.8. The third-order valence-electron chi connectivity index (χ3n) is 3.44. The molecule has 1 aromatic rings. The van der Waals surface area contributed by atoms with Crippen molar-refractivity contribution in [3.8, 4) is 6.07 Å². The molecule has 0 spiro atoms. The first-order valence-electron chi connectivity index (χ1n) is 6.77. The zero-order valence-electron chi connectivity index (χ0n) is 12.2. The number of nitriles is 1. The molecule has 106 valence electrons. The van der Waals surface area contributed by atoms with Crippen LogP contribution in [0.1, 0.15) is 32.8 Å². The molecule has 1 saturated heterocycles. The lowest BCUT2D eigenvalue weighted by atomic mass is 9.72. The highest BCUT2D eigenvalue weighted by Crippen LogP contribution is 2.38. The maximum absolute atomic E-state index is 12.0. The second-order valence-electron chi connectivity index (χ2n) is 6.32. The average molecular weight is 272 g/mol. The van der Waals surface area contributed by atoms with E-state index in [0.29, 0.717) is 19.5 Å². The molecule has 0 atom stereocenters. The number of hydrogen-bond acceptors (Lipinski definition) is 3. The van der Waals surface area contributed by atoms with Crippen LogP contribution >= 0.6 is 0 Å². The number of likely N-dealkylation sites (tertiary alicyclic amines) is 1. The van der Waals surface area contributed by atoms with Crippen molar-refractivity contribution in [3.05, 3.63) is 35.9 Å². The van der Waals surface area contributed by atoms with Crippen LogP contribution in [0.4, 0.5) is 4.79 Å². The molecule has 1 fully saturated rings. The van der Waals surface area contributed by atoms with Crippen LogP contribution in [0.25, 0.3) is 0 Å². The van der Waals surface area contributed by atoms with E-state index in [1.54, 1.807) is 4.90 Å². The number of benzene rings is 1. The van der Waals surface area contributed by atoms with Crippen molar-refractivity contribution in [1.29, 1.82) is 5.26 Å². The maximum atomic E-state index is 12.0. The molecule has 20 heavy (non-hydrogen) atoms. The molecule has 0 unspecified atom stereocenters. The Bertz CT molecular complexity index is 520. The minimum Gasteiger partial charge on any atom is -0.444 e. The Morgan fingerprint density at radius 2 is 1.95 bits per heavy atom. The van der Waals surface area contributed by atoms with E-state index in [2.05, 4.69) is 6.07 Å². The first-order chi connectivity index (χ1) is 9.36. The minimum absolute atomic E-state index is 0.243. The van der Waals surface area contributed by atoms with Crippen molar-refractivity contribution in [2.75, 3.05) is 13.1 Å². The molecule has 4 nitrogen and oxygen atoms in total. The summed E-state index contributed by atoms with van der Waals surface area (Å²) in [7, 11) is 0. The van der Waals surface area contributed by atoms with Gasteiger partial charge >= 0.3 is 6.09 Å². The molecule has 0 aliphatic carbocycles. The fraction of sp³-hybridized carbons (Fsp3) is 0.500. The van der Waals surface area contributed by atoms with Gasteiger partial charge in [0.15, 0.2) is 0 Å². The van der Waals surface area contributed by atoms with E-state index in [0.717, 1.165) is 5.56 Å². The van der Waals surface area contributed by atoms with Gasteiger partial charge in [0.05, 0.1) is 6.07 Å². The van der Waals surface area contributed by atoms with E-state index in [1.165, 1.54) is 0 Å². The van der Waals surface area contributed by atoms with Crippen LogP contribution in [-0.2, 0) is 10.2 Å². The molecule has 4 heteroatoms. The number of rotatable bonds is 2. The Kier molecular flexibility index (Phi) is 3.71. The van der Waals surface area contributed by atoms with Crippen LogP contribution in [0.3, 0.4) is 0 Å². The fourth-order valence-electron chi connectivity index (χ4n) is 2.48. The number of amides is 1. The molecule has 1 amide bonds. The lowest BCUT2D eigenvalue weighted by Gasteiger charge is -2.49. The van der Waals surface area contributed by atoms with Gasteiger partial charge in [-0.25, -0.2) is 4.79 Å². The number of nitrogens with zero attached hydrogens (tertiary/aromatic N) is 2. The van der Waals surface area contributed by atoms with Crippen molar-refractivity contribution in [2.45, 2.75) is 38.2 Å². The van der Waals surface area contributed by atoms with Crippen LogP contribution < -0.4 is 0 Å². The molecular formula is C16H20N2O2. The number of carbonyl (C=O) groups is 1. The highest BCUT2D eigenvalue weighted by molar-refractivity contribution is 5.70. The molecule has 0 saturated carbocycles. The van der Waals surface area contributed by atoms with Crippen molar-refractivity contribution in [2.24, 2.45) is 0 Å². The first-order valence-corrected chi connectivity index (χ1v) is 6.77. The monoisotopic (exact) mass is 272 g/mol. The Labute approximate surface area is 120 Å². The van der Waals surface area contributed by atoms with E-state index in [1.807, 2.05) is 51.1 Å². The molecule has 0 N–H and O–H groups in total. The lowest BCUT2D eigenvalue weighted by Crippen LogP contribution is -2.61. The third-order valence-corrected chi connectivity index (χ3v) is 3.44. The number of hydrogen-bond donors (Lipinski definition) is 0. The van der Waals surface area contributed by atoms with E-state index in [4.69, 9.17) is 10.00 Å². The minimum atomic E-state index is -0.489. The maximum Gasteiger partial charge on any atom is 0.410 e. The highest BCUT2D eigenvalue weighted by Gasteiger charge is 2.47. The normalized spacial score (nSPS) is 17.0. The van der Waals surface area contributed by atoms with Gasteiger partial charge in [-0.05, 0) is 26.3 Å². The van der Waals surface area contributed by atoms with Crippen LogP contribution in [-0.4, -0.2) is 29.7 Å². The molecule has 1 aliphatic heterocycles. The molecule has 0 bridgehead atoms. The van der Waals surface area contributed by atoms with Gasteiger partial charge < -0.3 is 9.64 Å². The Morgan fingerprint density at radius 3 is 2.45 bits per heavy atom. The second kappa shape index (κ2) is 5.16. The standard InChI is InChI=1S/C16H20N2O2/c1-15(2,3)20-14(19)18-11-16(12-18,9-10-17)13-7-5-4-6-8-13/h4-8H,9,11-12H2,1-3H3. The Hall–Kier alpha value is -2.02. The molecule has 1 aliphatic rings. The van der Waals surface area contributed by atoms with E-state index in [-0.39, 0.29) is 11.5 Å². The molecule has 2 rings (SSSR count). The van der Waals surface area contributed by atoms with Crippen molar-refractivity contribution in [1.82, 2.24) is 4.90 Å². The van der Waals surface area contributed by atoms with Gasteiger partial charge in [0.2, 0.25) is 0 Å². The molecular weight excluding hydrogens is 252 g/mol. The van der Waals surface area contributed by atoms with Gasteiger partial charge in [-0.2, -0.15) is 5.26 Å². The highest BCUT2D eigenvalue weighted by atomic mass is 16.6. The summed E-state index contributed by atoms with van der Waals surface area (Å²) in [5.41, 5.74) is 0.380. The van der Waals surface area contributed by atoms with Gasteiger partial charge in [-0.1, -0.05) is 30.3 Å². The second-order valence-corrected chi connectivity index (χ2v) is 6.32. The lowest BCUT2D eigenvalue weighted by molar-refractivity contribution is -0.00918. The quantitative estimate of drug-likeness (QED) is 0.831.